The number of benzene rings is 2. The van der Waals surface area contributed by atoms with Crippen LogP contribution in [-0.4, -0.2) is 5.84 Å². The first kappa shape index (κ1) is 12.3. The zero-order valence-corrected chi connectivity index (χ0v) is 10.6. The molecule has 0 aliphatic rings. The average Bonchev–Trinajstić information content (AvgIpc) is 2.40. The number of nitrogens with one attached hydrogen (secondary N) is 1. The molecule has 3 N–H and O–H groups in total. The third-order valence-electron chi connectivity index (χ3n) is 2.78. The third kappa shape index (κ3) is 2.76. The van der Waals surface area contributed by atoms with E-state index in [9.17, 15) is 0 Å². The second-order valence-electron chi connectivity index (χ2n) is 4.26. The fourth-order valence-electron chi connectivity index (χ4n) is 1.79. The van der Waals surface area contributed by atoms with Crippen LogP contribution >= 0.6 is 0 Å². The second-order valence-corrected chi connectivity index (χ2v) is 4.26. The van der Waals surface area contributed by atoms with Crippen molar-refractivity contribution in [3.8, 4) is 0 Å². The molecule has 0 fully saturated rings. The van der Waals surface area contributed by atoms with E-state index in [2.05, 4.69) is 35.5 Å². The highest BCUT2D eigenvalue weighted by molar-refractivity contribution is 6.01. The largest absolute Gasteiger partial charge is 0.308 e. The Balaban J connectivity index is 2.45. The molecule has 0 bridgehead atoms. The summed E-state index contributed by atoms with van der Waals surface area (Å²) in [6.45, 7) is 4.10. The van der Waals surface area contributed by atoms with Gasteiger partial charge in [0.1, 0.15) is 5.84 Å². The van der Waals surface area contributed by atoms with Crippen molar-refractivity contribution in [2.75, 3.05) is 0 Å². The summed E-state index contributed by atoms with van der Waals surface area (Å²) < 4.78 is 0. The highest BCUT2D eigenvalue weighted by Gasteiger charge is 2.06. The molecule has 2 aromatic rings. The molecular formula is C15H17N3. The van der Waals surface area contributed by atoms with Gasteiger partial charge in [0, 0.05) is 5.56 Å². The van der Waals surface area contributed by atoms with Crippen molar-refractivity contribution in [2.24, 2.45) is 10.8 Å². The molecular weight excluding hydrogens is 222 g/mol. The molecule has 0 unspecified atom stereocenters. The van der Waals surface area contributed by atoms with Gasteiger partial charge >= 0.3 is 0 Å². The lowest BCUT2D eigenvalue weighted by Crippen LogP contribution is -2.31. The Hall–Kier alpha value is -2.13. The predicted molar refractivity (Wildman–Crippen MR) is 75.9 cm³/mol. The smallest absolute Gasteiger partial charge is 0.148 e. The Kier molecular flexibility index (Phi) is 3.75. The Morgan fingerprint density at radius 3 is 2.44 bits per heavy atom. The van der Waals surface area contributed by atoms with Gasteiger partial charge in [0.05, 0.1) is 5.69 Å². The van der Waals surface area contributed by atoms with E-state index in [1.165, 1.54) is 5.56 Å². The van der Waals surface area contributed by atoms with E-state index < -0.39 is 0 Å². The van der Waals surface area contributed by atoms with E-state index in [1.807, 2.05) is 37.3 Å². The van der Waals surface area contributed by atoms with Crippen molar-refractivity contribution >= 4 is 11.5 Å². The highest BCUT2D eigenvalue weighted by Crippen LogP contribution is 2.15. The van der Waals surface area contributed by atoms with E-state index in [0.717, 1.165) is 16.8 Å². The average molecular weight is 239 g/mol. The van der Waals surface area contributed by atoms with E-state index in [0.29, 0.717) is 5.84 Å². The second kappa shape index (κ2) is 5.47. The first-order chi connectivity index (χ1) is 8.70. The summed E-state index contributed by atoms with van der Waals surface area (Å²) in [4.78, 5) is 4.53. The summed E-state index contributed by atoms with van der Waals surface area (Å²) in [7, 11) is 0. The van der Waals surface area contributed by atoms with E-state index in [-0.39, 0.29) is 0 Å². The van der Waals surface area contributed by atoms with Gasteiger partial charge < -0.3 is 5.43 Å². The SMILES string of the molecule is Cc1ccc(C)c(C(=Nc2ccccc2)NN)c1. The lowest BCUT2D eigenvalue weighted by molar-refractivity contribution is 1.02. The molecule has 0 aromatic heterocycles. The summed E-state index contributed by atoms with van der Waals surface area (Å²) in [5.41, 5.74) is 6.93. The topological polar surface area (TPSA) is 50.4 Å². The number of nitrogens with zero attached hydrogens (tertiary/aromatic N) is 1. The summed E-state index contributed by atoms with van der Waals surface area (Å²) in [5.74, 6) is 6.27. The molecule has 18 heavy (non-hydrogen) atoms. The first-order valence-corrected chi connectivity index (χ1v) is 5.88. The van der Waals surface area contributed by atoms with Crippen LogP contribution in [0.15, 0.2) is 53.5 Å². The zero-order valence-electron chi connectivity index (χ0n) is 10.6. The molecule has 0 aliphatic heterocycles. The summed E-state index contributed by atoms with van der Waals surface area (Å²) in [6, 6.07) is 16.0. The standard InChI is InChI=1S/C15H17N3/c1-11-8-9-12(2)14(10-11)15(18-16)17-13-6-4-3-5-7-13/h3-10H,16H2,1-2H3,(H,17,18). The molecule has 0 saturated heterocycles. The maximum absolute atomic E-state index is 5.59. The van der Waals surface area contributed by atoms with Gasteiger partial charge in [-0.05, 0) is 37.6 Å². The van der Waals surface area contributed by atoms with E-state index in [4.69, 9.17) is 5.84 Å². The summed E-state index contributed by atoms with van der Waals surface area (Å²) in [6.07, 6.45) is 0. The Labute approximate surface area is 107 Å². The molecule has 3 heteroatoms. The van der Waals surface area contributed by atoms with Crippen molar-refractivity contribution in [1.29, 1.82) is 0 Å². The van der Waals surface area contributed by atoms with Crippen LogP contribution in [0.5, 0.6) is 0 Å². The number of hydrogen-bond acceptors (Lipinski definition) is 2. The normalized spacial score (nSPS) is 11.4. The number of aryl methyl sites for hydroxylation is 2. The van der Waals surface area contributed by atoms with Gasteiger partial charge in [-0.1, -0.05) is 35.9 Å². The number of hydrogen-bond donors (Lipinski definition) is 2. The van der Waals surface area contributed by atoms with Crippen LogP contribution < -0.4 is 11.3 Å². The van der Waals surface area contributed by atoms with Crippen LogP contribution in [0.25, 0.3) is 0 Å². The van der Waals surface area contributed by atoms with Crippen LogP contribution in [0, 0.1) is 13.8 Å². The van der Waals surface area contributed by atoms with Gasteiger partial charge in [0.2, 0.25) is 0 Å². The van der Waals surface area contributed by atoms with Crippen molar-refractivity contribution in [3.63, 3.8) is 0 Å². The van der Waals surface area contributed by atoms with Gasteiger partial charge in [-0.25, -0.2) is 10.8 Å². The molecule has 0 spiro atoms. The number of rotatable bonds is 2. The molecule has 0 amide bonds. The predicted octanol–water partition coefficient (Wildman–Crippen LogP) is 2.85. The highest BCUT2D eigenvalue weighted by atomic mass is 15.2. The van der Waals surface area contributed by atoms with Crippen LogP contribution in [-0.2, 0) is 0 Å². The van der Waals surface area contributed by atoms with Crippen LogP contribution in [0.4, 0.5) is 5.69 Å². The number of para-hydroxylation sites is 1. The fourth-order valence-corrected chi connectivity index (χ4v) is 1.79. The van der Waals surface area contributed by atoms with Crippen molar-refractivity contribution in [3.05, 3.63) is 65.2 Å². The molecule has 0 atom stereocenters. The monoisotopic (exact) mass is 239 g/mol. The number of hydrazine groups is 1. The molecule has 0 saturated carbocycles. The van der Waals surface area contributed by atoms with Gasteiger partial charge in [-0.3, -0.25) is 0 Å². The fraction of sp³-hybridized carbons (Fsp3) is 0.133. The molecule has 2 aromatic carbocycles. The van der Waals surface area contributed by atoms with Crippen LogP contribution in [0.1, 0.15) is 16.7 Å². The molecule has 0 radical (unpaired) electrons. The Morgan fingerprint density at radius 2 is 1.78 bits per heavy atom. The molecule has 0 heterocycles. The van der Waals surface area contributed by atoms with Gasteiger partial charge in [-0.15, -0.1) is 0 Å². The van der Waals surface area contributed by atoms with Crippen molar-refractivity contribution < 1.29 is 0 Å². The van der Waals surface area contributed by atoms with E-state index in [1.54, 1.807) is 0 Å². The van der Waals surface area contributed by atoms with Crippen molar-refractivity contribution in [2.45, 2.75) is 13.8 Å². The lowest BCUT2D eigenvalue weighted by atomic mass is 10.0. The molecule has 92 valence electrons. The molecule has 3 nitrogen and oxygen atoms in total. The maximum Gasteiger partial charge on any atom is 0.148 e. The van der Waals surface area contributed by atoms with Gasteiger partial charge in [-0.2, -0.15) is 0 Å². The van der Waals surface area contributed by atoms with Gasteiger partial charge in [0.25, 0.3) is 0 Å². The van der Waals surface area contributed by atoms with Crippen molar-refractivity contribution in [1.82, 2.24) is 5.43 Å². The zero-order chi connectivity index (χ0) is 13.0. The number of nitrogens with two attached hydrogens (primary N) is 1. The van der Waals surface area contributed by atoms with Crippen LogP contribution in [0.2, 0.25) is 0 Å². The Morgan fingerprint density at radius 1 is 1.06 bits per heavy atom. The van der Waals surface area contributed by atoms with Gasteiger partial charge in [0.15, 0.2) is 0 Å². The minimum absolute atomic E-state index is 0.683. The minimum Gasteiger partial charge on any atom is -0.308 e. The third-order valence-corrected chi connectivity index (χ3v) is 2.78. The summed E-state index contributed by atoms with van der Waals surface area (Å²) in [5, 5.41) is 0. The van der Waals surface area contributed by atoms with E-state index >= 15 is 0 Å². The minimum atomic E-state index is 0.683. The lowest BCUT2D eigenvalue weighted by Gasteiger charge is -2.10. The number of aliphatic imine (C=N–C) groups is 1. The maximum atomic E-state index is 5.59. The first-order valence-electron chi connectivity index (χ1n) is 5.88. The van der Waals surface area contributed by atoms with Crippen LogP contribution in [0.3, 0.4) is 0 Å². The number of amidine groups is 1. The summed E-state index contributed by atoms with van der Waals surface area (Å²) >= 11 is 0. The Bertz CT molecular complexity index is 559. The molecule has 0 aliphatic carbocycles. The quantitative estimate of drug-likeness (QED) is 0.366. The molecule has 2 rings (SSSR count).